The lowest BCUT2D eigenvalue weighted by atomic mass is 9.86. The topological polar surface area (TPSA) is 73.7 Å². The summed E-state index contributed by atoms with van der Waals surface area (Å²) in [6, 6.07) is 0. The molecular weight excluding hydrogens is 302 g/mol. The van der Waals surface area contributed by atoms with Crippen molar-refractivity contribution in [1.29, 1.82) is 0 Å². The molecule has 1 amide bonds. The smallest absolute Gasteiger partial charge is 0.308 e. The number of aromatic nitrogens is 1. The van der Waals surface area contributed by atoms with Crippen LogP contribution >= 0.6 is 11.3 Å². The summed E-state index contributed by atoms with van der Waals surface area (Å²) in [5.41, 5.74) is 0.426. The second kappa shape index (κ2) is 6.75. The van der Waals surface area contributed by atoms with Crippen LogP contribution in [-0.4, -0.2) is 59.0 Å². The lowest BCUT2D eigenvalue weighted by molar-refractivity contribution is -0.142. The maximum atomic E-state index is 12.5. The first-order valence-electron chi connectivity index (χ1n) is 7.40. The predicted molar refractivity (Wildman–Crippen MR) is 84.9 cm³/mol. The molecule has 0 radical (unpaired) electrons. The molecule has 0 unspecified atom stereocenters. The number of carbonyl (C=O) groups excluding carboxylic acids is 1. The van der Waals surface area contributed by atoms with Gasteiger partial charge in [-0.05, 0) is 25.9 Å². The largest absolute Gasteiger partial charge is 0.481 e. The molecule has 0 saturated carbocycles. The molecule has 0 spiro atoms. The van der Waals surface area contributed by atoms with Crippen LogP contribution in [0.15, 0.2) is 5.38 Å². The summed E-state index contributed by atoms with van der Waals surface area (Å²) in [6.45, 7) is 5.48. The monoisotopic (exact) mass is 325 g/mol. The minimum Gasteiger partial charge on any atom is -0.481 e. The molecule has 1 saturated heterocycles. The van der Waals surface area contributed by atoms with Crippen LogP contribution in [0.25, 0.3) is 0 Å². The fraction of sp³-hybridized carbons (Fsp3) is 0.667. The molecule has 7 heteroatoms. The second-order valence-corrected chi connectivity index (χ2v) is 7.37. The zero-order valence-electron chi connectivity index (χ0n) is 13.4. The van der Waals surface area contributed by atoms with Crippen LogP contribution in [0.1, 0.15) is 29.3 Å². The Morgan fingerprint density at radius 3 is 2.64 bits per heavy atom. The Bertz CT molecular complexity index is 556. The van der Waals surface area contributed by atoms with E-state index in [1.165, 1.54) is 11.3 Å². The first-order valence-corrected chi connectivity index (χ1v) is 8.28. The van der Waals surface area contributed by atoms with Crippen LogP contribution < -0.4 is 0 Å². The van der Waals surface area contributed by atoms with Crippen molar-refractivity contribution in [3.05, 3.63) is 16.1 Å². The summed E-state index contributed by atoms with van der Waals surface area (Å²) in [7, 11) is 3.90. The highest BCUT2D eigenvalue weighted by atomic mass is 32.1. The van der Waals surface area contributed by atoms with Gasteiger partial charge in [-0.3, -0.25) is 9.59 Å². The number of thiazole rings is 1. The normalized spacial score (nSPS) is 21.8. The average molecular weight is 325 g/mol. The van der Waals surface area contributed by atoms with Crippen LogP contribution in [0.3, 0.4) is 0 Å². The van der Waals surface area contributed by atoms with Gasteiger partial charge in [0, 0.05) is 25.0 Å². The lowest BCUT2D eigenvalue weighted by Crippen LogP contribution is -2.30. The third kappa shape index (κ3) is 3.64. The highest BCUT2D eigenvalue weighted by molar-refractivity contribution is 7.09. The molecule has 1 aromatic heterocycles. The molecule has 1 N–H and O–H groups in total. The maximum Gasteiger partial charge on any atom is 0.308 e. The molecule has 6 nitrogen and oxygen atoms in total. The Balaban J connectivity index is 2.10. The minimum atomic E-state index is -0.819. The Labute approximate surface area is 134 Å². The SMILES string of the molecule is CC(C)[C@@H]1CN(C(=O)c2csc(CN(C)C)n2)C[C@H]1C(=O)O. The van der Waals surface area contributed by atoms with E-state index in [2.05, 4.69) is 4.98 Å². The highest BCUT2D eigenvalue weighted by Gasteiger charge is 2.41. The van der Waals surface area contributed by atoms with E-state index < -0.39 is 11.9 Å². The van der Waals surface area contributed by atoms with Gasteiger partial charge in [0.05, 0.1) is 5.92 Å². The van der Waals surface area contributed by atoms with Gasteiger partial charge >= 0.3 is 5.97 Å². The number of carboxylic acids is 1. The molecule has 2 atom stereocenters. The number of carbonyl (C=O) groups is 2. The van der Waals surface area contributed by atoms with Gasteiger partial charge in [0.2, 0.25) is 0 Å². The van der Waals surface area contributed by atoms with Gasteiger partial charge in [-0.2, -0.15) is 0 Å². The van der Waals surface area contributed by atoms with Gasteiger partial charge in [-0.15, -0.1) is 11.3 Å². The Kier molecular flexibility index (Phi) is 5.18. The van der Waals surface area contributed by atoms with E-state index in [1.54, 1.807) is 10.3 Å². The molecule has 0 bridgehead atoms. The average Bonchev–Trinajstić information content (AvgIpc) is 3.03. The summed E-state index contributed by atoms with van der Waals surface area (Å²) in [5, 5.41) is 12.0. The number of aliphatic carboxylic acids is 1. The molecule has 1 aliphatic heterocycles. The van der Waals surface area contributed by atoms with Crippen molar-refractivity contribution in [2.75, 3.05) is 27.2 Å². The molecule has 1 aromatic rings. The maximum absolute atomic E-state index is 12.5. The van der Waals surface area contributed by atoms with E-state index in [9.17, 15) is 14.7 Å². The van der Waals surface area contributed by atoms with Crippen molar-refractivity contribution in [3.63, 3.8) is 0 Å². The van der Waals surface area contributed by atoms with Gasteiger partial charge < -0.3 is 14.9 Å². The van der Waals surface area contributed by atoms with Crippen LogP contribution in [0.5, 0.6) is 0 Å². The fourth-order valence-corrected chi connectivity index (χ4v) is 3.73. The summed E-state index contributed by atoms with van der Waals surface area (Å²) in [6.07, 6.45) is 0. The van der Waals surface area contributed by atoms with Crippen molar-refractivity contribution in [2.24, 2.45) is 17.8 Å². The molecule has 2 heterocycles. The summed E-state index contributed by atoms with van der Waals surface area (Å²) >= 11 is 1.46. The zero-order chi connectivity index (χ0) is 16.4. The van der Waals surface area contributed by atoms with Gasteiger partial charge in [-0.1, -0.05) is 13.8 Å². The predicted octanol–water partition coefficient (Wildman–Crippen LogP) is 1.63. The van der Waals surface area contributed by atoms with E-state index >= 15 is 0 Å². The Morgan fingerprint density at radius 1 is 1.45 bits per heavy atom. The van der Waals surface area contributed by atoms with Crippen LogP contribution in [-0.2, 0) is 11.3 Å². The molecular formula is C15H23N3O3S. The number of rotatable bonds is 5. The van der Waals surface area contributed by atoms with Crippen molar-refractivity contribution in [1.82, 2.24) is 14.8 Å². The van der Waals surface area contributed by atoms with Gasteiger partial charge in [-0.25, -0.2) is 4.98 Å². The van der Waals surface area contributed by atoms with E-state index in [0.717, 1.165) is 5.01 Å². The lowest BCUT2D eigenvalue weighted by Gasteiger charge is -2.18. The summed E-state index contributed by atoms with van der Waals surface area (Å²) in [4.78, 5) is 31.9. The van der Waals surface area contributed by atoms with Crippen LogP contribution in [0.2, 0.25) is 0 Å². The number of hydrogen-bond acceptors (Lipinski definition) is 5. The van der Waals surface area contributed by atoms with E-state index in [1.807, 2.05) is 32.8 Å². The van der Waals surface area contributed by atoms with E-state index in [0.29, 0.717) is 18.8 Å². The van der Waals surface area contributed by atoms with E-state index in [-0.39, 0.29) is 24.3 Å². The number of amides is 1. The van der Waals surface area contributed by atoms with Crippen LogP contribution in [0, 0.1) is 17.8 Å². The van der Waals surface area contributed by atoms with Crippen molar-refractivity contribution >= 4 is 23.2 Å². The fourth-order valence-electron chi connectivity index (χ4n) is 2.85. The molecule has 2 rings (SSSR count). The van der Waals surface area contributed by atoms with Gasteiger partial charge in [0.25, 0.3) is 5.91 Å². The number of hydrogen-bond donors (Lipinski definition) is 1. The summed E-state index contributed by atoms with van der Waals surface area (Å²) in [5.74, 6) is -1.22. The second-order valence-electron chi connectivity index (χ2n) is 6.43. The third-order valence-electron chi connectivity index (χ3n) is 4.05. The number of carboxylic acid groups (broad SMARTS) is 1. The molecule has 22 heavy (non-hydrogen) atoms. The van der Waals surface area contributed by atoms with E-state index in [4.69, 9.17) is 0 Å². The Hall–Kier alpha value is -1.47. The number of nitrogens with zero attached hydrogens (tertiary/aromatic N) is 3. The van der Waals surface area contributed by atoms with Gasteiger partial charge in [0.15, 0.2) is 0 Å². The first kappa shape index (κ1) is 16.9. The zero-order valence-corrected chi connectivity index (χ0v) is 14.3. The van der Waals surface area contributed by atoms with Crippen molar-refractivity contribution < 1.29 is 14.7 Å². The van der Waals surface area contributed by atoms with Crippen molar-refractivity contribution in [3.8, 4) is 0 Å². The third-order valence-corrected chi connectivity index (χ3v) is 4.88. The van der Waals surface area contributed by atoms with Crippen molar-refractivity contribution in [2.45, 2.75) is 20.4 Å². The minimum absolute atomic E-state index is 0.00123. The Morgan fingerprint density at radius 2 is 2.14 bits per heavy atom. The molecule has 1 aliphatic rings. The first-order chi connectivity index (χ1) is 10.3. The van der Waals surface area contributed by atoms with Gasteiger partial charge in [0.1, 0.15) is 10.7 Å². The quantitative estimate of drug-likeness (QED) is 0.891. The molecule has 1 fully saturated rings. The molecule has 0 aliphatic carbocycles. The standard InChI is InChI=1S/C15H23N3O3S/c1-9(2)10-5-18(6-11(10)15(20)21)14(19)12-8-22-13(16-12)7-17(3)4/h8-11H,5-7H2,1-4H3,(H,20,21)/t10-,11+/m0/s1. The molecule has 0 aromatic carbocycles. The highest BCUT2D eigenvalue weighted by Crippen LogP contribution is 2.31. The summed E-state index contributed by atoms with van der Waals surface area (Å²) < 4.78 is 0. The molecule has 122 valence electrons. The number of likely N-dealkylation sites (tertiary alicyclic amines) is 1. The van der Waals surface area contributed by atoms with Crippen LogP contribution in [0.4, 0.5) is 0 Å².